The Kier molecular flexibility index (Phi) is 4.56. The van der Waals surface area contributed by atoms with Crippen LogP contribution in [0.25, 0.3) is 0 Å². The molecule has 1 unspecified atom stereocenters. The summed E-state index contributed by atoms with van der Waals surface area (Å²) in [6, 6.07) is -1.05. The largest absolute Gasteiger partial charge is 0.461 e. The Balaban J connectivity index is 2.78. The van der Waals surface area contributed by atoms with Gasteiger partial charge in [-0.15, -0.1) is 0 Å². The highest BCUT2D eigenvalue weighted by molar-refractivity contribution is 6.05. The van der Waals surface area contributed by atoms with Crippen molar-refractivity contribution in [3.8, 4) is 0 Å². The summed E-state index contributed by atoms with van der Waals surface area (Å²) in [5.41, 5.74) is 5.54. The summed E-state index contributed by atoms with van der Waals surface area (Å²) < 4.78 is 29.5. The number of nitrogens with one attached hydrogen (secondary N) is 2. The second-order valence-electron chi connectivity index (χ2n) is 3.62. The molecule has 5 nitrogen and oxygen atoms in total. The predicted octanol–water partition coefficient (Wildman–Crippen LogP) is 0.409. The van der Waals surface area contributed by atoms with Crippen LogP contribution in [0.15, 0.2) is 11.3 Å². The van der Waals surface area contributed by atoms with Crippen molar-refractivity contribution >= 4 is 11.7 Å². The van der Waals surface area contributed by atoms with Crippen LogP contribution in [-0.2, 0) is 9.53 Å². The Labute approximate surface area is 97.5 Å². The maximum Gasteiger partial charge on any atom is 0.354 e. The Bertz CT molecular complexity index is 355. The topological polar surface area (TPSA) is 88.2 Å². The molecule has 0 spiro atoms. The summed E-state index contributed by atoms with van der Waals surface area (Å²) in [6.07, 6.45) is -2.69. The van der Waals surface area contributed by atoms with E-state index in [4.69, 9.17) is 11.1 Å². The predicted molar refractivity (Wildman–Crippen MR) is 58.0 cm³/mol. The number of hydrogen-bond donors (Lipinski definition) is 3. The number of carbonyl (C=O) groups is 1. The lowest BCUT2D eigenvalue weighted by atomic mass is 9.96. The van der Waals surface area contributed by atoms with E-state index in [1.165, 1.54) is 0 Å². The fourth-order valence-corrected chi connectivity index (χ4v) is 1.52. The normalized spacial score (nSPS) is 23.8. The van der Waals surface area contributed by atoms with E-state index in [9.17, 15) is 13.6 Å². The Morgan fingerprint density at radius 3 is 2.82 bits per heavy atom. The molecule has 0 aliphatic carbocycles. The molecule has 4 N–H and O–H groups in total. The van der Waals surface area contributed by atoms with Gasteiger partial charge in [-0.2, -0.15) is 0 Å². The van der Waals surface area contributed by atoms with Gasteiger partial charge in [0.05, 0.1) is 12.6 Å². The van der Waals surface area contributed by atoms with Gasteiger partial charge in [0.1, 0.15) is 5.70 Å². The van der Waals surface area contributed by atoms with E-state index in [1.54, 1.807) is 6.92 Å². The van der Waals surface area contributed by atoms with Crippen LogP contribution in [0.5, 0.6) is 0 Å². The van der Waals surface area contributed by atoms with Gasteiger partial charge in [-0.05, 0) is 6.92 Å². The zero-order valence-electron chi connectivity index (χ0n) is 9.43. The van der Waals surface area contributed by atoms with Crippen molar-refractivity contribution in [3.63, 3.8) is 0 Å². The van der Waals surface area contributed by atoms with Crippen LogP contribution in [0.4, 0.5) is 8.78 Å². The van der Waals surface area contributed by atoms with Crippen LogP contribution in [-0.4, -0.2) is 37.3 Å². The smallest absolute Gasteiger partial charge is 0.354 e. The summed E-state index contributed by atoms with van der Waals surface area (Å²) in [7, 11) is 0. The zero-order valence-corrected chi connectivity index (χ0v) is 9.43. The molecule has 0 radical (unpaired) electrons. The molecule has 17 heavy (non-hydrogen) atoms. The molecule has 0 aromatic carbocycles. The number of ether oxygens (including phenoxy) is 1. The first kappa shape index (κ1) is 13.6. The number of piperidine rings is 1. The molecule has 1 saturated heterocycles. The average Bonchev–Trinajstić information content (AvgIpc) is 2.28. The van der Waals surface area contributed by atoms with Crippen LogP contribution >= 0.6 is 0 Å². The van der Waals surface area contributed by atoms with Crippen molar-refractivity contribution in [1.82, 2.24) is 5.32 Å². The van der Waals surface area contributed by atoms with E-state index in [0.717, 1.165) is 0 Å². The third kappa shape index (κ3) is 3.23. The molecule has 96 valence electrons. The van der Waals surface area contributed by atoms with E-state index >= 15 is 0 Å². The molecule has 1 aliphatic heterocycles. The molecule has 0 saturated carbocycles. The zero-order chi connectivity index (χ0) is 13.0. The van der Waals surface area contributed by atoms with Crippen LogP contribution in [0, 0.1) is 5.41 Å². The van der Waals surface area contributed by atoms with Gasteiger partial charge in [0, 0.05) is 24.3 Å². The van der Waals surface area contributed by atoms with Crippen molar-refractivity contribution < 1.29 is 18.3 Å². The minimum absolute atomic E-state index is 0.0154. The summed E-state index contributed by atoms with van der Waals surface area (Å²) >= 11 is 0. The number of nitrogens with two attached hydrogens (primary N) is 1. The standard InChI is InChI=1S/C10H15F2N3O2/c1-2-17-10(16)8(14)5-4-15-7(9(11)12)3-6(5)13/h7,9,13,15H,2-4,14H2,1H3/b8-5-,13-6?. The van der Waals surface area contributed by atoms with Gasteiger partial charge in [0.2, 0.25) is 0 Å². The lowest BCUT2D eigenvalue weighted by Crippen LogP contribution is -2.45. The van der Waals surface area contributed by atoms with Crippen LogP contribution in [0.2, 0.25) is 0 Å². The molecule has 1 heterocycles. The minimum atomic E-state index is -2.54. The molecular formula is C10H15F2N3O2. The lowest BCUT2D eigenvalue weighted by Gasteiger charge is -2.26. The van der Waals surface area contributed by atoms with E-state index in [0.29, 0.717) is 0 Å². The van der Waals surface area contributed by atoms with Gasteiger partial charge in [-0.3, -0.25) is 0 Å². The maximum atomic E-state index is 12.4. The maximum absolute atomic E-state index is 12.4. The molecule has 0 aromatic rings. The van der Waals surface area contributed by atoms with Crippen molar-refractivity contribution in [2.45, 2.75) is 25.8 Å². The van der Waals surface area contributed by atoms with Gasteiger partial charge in [-0.1, -0.05) is 0 Å². The van der Waals surface area contributed by atoms with Gasteiger partial charge >= 0.3 is 5.97 Å². The highest BCUT2D eigenvalue weighted by Gasteiger charge is 2.29. The van der Waals surface area contributed by atoms with Crippen molar-refractivity contribution in [1.29, 1.82) is 5.41 Å². The number of esters is 1. The minimum Gasteiger partial charge on any atom is -0.461 e. The second kappa shape index (κ2) is 5.72. The lowest BCUT2D eigenvalue weighted by molar-refractivity contribution is -0.138. The average molecular weight is 247 g/mol. The van der Waals surface area contributed by atoms with Gasteiger partial charge in [-0.25, -0.2) is 13.6 Å². The molecule has 0 amide bonds. The van der Waals surface area contributed by atoms with Crippen molar-refractivity contribution in [2.75, 3.05) is 13.2 Å². The Morgan fingerprint density at radius 1 is 1.71 bits per heavy atom. The van der Waals surface area contributed by atoms with E-state index < -0.39 is 18.4 Å². The van der Waals surface area contributed by atoms with Crippen LogP contribution in [0.3, 0.4) is 0 Å². The Hall–Kier alpha value is -1.50. The van der Waals surface area contributed by atoms with Gasteiger partial charge < -0.3 is 21.2 Å². The van der Waals surface area contributed by atoms with Gasteiger partial charge in [0.25, 0.3) is 6.43 Å². The fourth-order valence-electron chi connectivity index (χ4n) is 1.52. The van der Waals surface area contributed by atoms with E-state index in [2.05, 4.69) is 10.1 Å². The summed E-state index contributed by atoms with van der Waals surface area (Å²) in [4.78, 5) is 11.3. The number of rotatable bonds is 3. The second-order valence-corrected chi connectivity index (χ2v) is 3.62. The van der Waals surface area contributed by atoms with E-state index in [-0.39, 0.29) is 36.6 Å². The highest BCUT2D eigenvalue weighted by Crippen LogP contribution is 2.17. The van der Waals surface area contributed by atoms with Crippen LogP contribution < -0.4 is 11.1 Å². The first-order valence-electron chi connectivity index (χ1n) is 5.22. The molecule has 1 aliphatic rings. The Morgan fingerprint density at radius 2 is 2.35 bits per heavy atom. The first-order valence-corrected chi connectivity index (χ1v) is 5.22. The molecule has 0 aromatic heterocycles. The molecule has 1 fully saturated rings. The SMILES string of the molecule is CCOC(=O)/C(N)=C1\CNC(C(F)F)CC1=N. The molecule has 7 heteroatoms. The molecule has 1 atom stereocenters. The molecule has 0 bridgehead atoms. The highest BCUT2D eigenvalue weighted by atomic mass is 19.3. The molecular weight excluding hydrogens is 232 g/mol. The van der Waals surface area contributed by atoms with Crippen molar-refractivity contribution in [2.24, 2.45) is 5.73 Å². The fraction of sp³-hybridized carbons (Fsp3) is 0.600. The quantitative estimate of drug-likeness (QED) is 0.498. The first-order chi connectivity index (χ1) is 7.97. The third-order valence-corrected chi connectivity index (χ3v) is 2.45. The number of alkyl halides is 2. The molecule has 1 rings (SSSR count). The van der Waals surface area contributed by atoms with Gasteiger partial charge in [0.15, 0.2) is 0 Å². The summed E-state index contributed by atoms with van der Waals surface area (Å²) in [5.74, 6) is -0.718. The summed E-state index contributed by atoms with van der Waals surface area (Å²) in [5, 5.41) is 10.1. The summed E-state index contributed by atoms with van der Waals surface area (Å²) in [6.45, 7) is 1.79. The number of carbonyl (C=O) groups excluding carboxylic acids is 1. The van der Waals surface area contributed by atoms with Crippen LogP contribution in [0.1, 0.15) is 13.3 Å². The van der Waals surface area contributed by atoms with E-state index in [1.807, 2.05) is 0 Å². The van der Waals surface area contributed by atoms with Crippen molar-refractivity contribution in [3.05, 3.63) is 11.3 Å². The number of halogens is 2. The third-order valence-electron chi connectivity index (χ3n) is 2.45. The number of hydrogen-bond acceptors (Lipinski definition) is 5. The monoisotopic (exact) mass is 247 g/mol.